The lowest BCUT2D eigenvalue weighted by Gasteiger charge is -2.13. The Kier molecular flexibility index (Phi) is 7.63. The summed E-state index contributed by atoms with van der Waals surface area (Å²) >= 11 is 0. The van der Waals surface area contributed by atoms with E-state index in [1.165, 1.54) is 24.1 Å². The predicted octanol–water partition coefficient (Wildman–Crippen LogP) is 3.22. The molecule has 2 aromatic carbocycles. The molecule has 0 radical (unpaired) electrons. The Bertz CT molecular complexity index is 598. The van der Waals surface area contributed by atoms with Crippen LogP contribution in [0.1, 0.15) is 30.9 Å². The van der Waals surface area contributed by atoms with E-state index in [9.17, 15) is 0 Å². The molecule has 0 amide bonds. The summed E-state index contributed by atoms with van der Waals surface area (Å²) in [6, 6.07) is 17.4. The van der Waals surface area contributed by atoms with Crippen LogP contribution >= 0.6 is 0 Å². The third-order valence-electron chi connectivity index (χ3n) is 4.44. The number of hydrogen-bond acceptors (Lipinski definition) is 2. The second-order valence-electron chi connectivity index (χ2n) is 6.31. The van der Waals surface area contributed by atoms with E-state index in [2.05, 4.69) is 48.6 Å². The highest BCUT2D eigenvalue weighted by Gasteiger charge is 2.09. The first kappa shape index (κ1) is 18.3. The normalized spacial score (nSPS) is 12.0. The summed E-state index contributed by atoms with van der Waals surface area (Å²) in [4.78, 5) is 0. The van der Waals surface area contributed by atoms with Gasteiger partial charge in [-0.25, -0.2) is 0 Å². The minimum Gasteiger partial charge on any atom is -0.497 e. The zero-order valence-electron chi connectivity index (χ0n) is 15.1. The minimum absolute atomic E-state index is 0.618. The summed E-state index contributed by atoms with van der Waals surface area (Å²) in [7, 11) is 3.40. The van der Waals surface area contributed by atoms with Gasteiger partial charge in [0.15, 0.2) is 0 Å². The average Bonchev–Trinajstić information content (AvgIpc) is 2.64. The van der Waals surface area contributed by atoms with Gasteiger partial charge in [-0.2, -0.15) is 0 Å². The number of aryl methyl sites for hydroxylation is 2. The van der Waals surface area contributed by atoms with Gasteiger partial charge in [-0.15, -0.1) is 0 Å². The van der Waals surface area contributed by atoms with Crippen LogP contribution in [-0.4, -0.2) is 26.8 Å². The maximum absolute atomic E-state index is 5.48. The lowest BCUT2D eigenvalue weighted by atomic mass is 10.0. The largest absolute Gasteiger partial charge is 0.497 e. The van der Waals surface area contributed by atoms with Crippen LogP contribution in [0.15, 0.2) is 48.5 Å². The van der Waals surface area contributed by atoms with Crippen molar-refractivity contribution >= 4 is 0 Å². The molecule has 3 nitrogen and oxygen atoms in total. The Morgan fingerprint density at radius 1 is 0.958 bits per heavy atom. The summed E-state index contributed by atoms with van der Waals surface area (Å²) in [6.45, 7) is 3.48. The maximum atomic E-state index is 5.48. The van der Waals surface area contributed by atoms with Gasteiger partial charge in [0.1, 0.15) is 11.5 Å². The van der Waals surface area contributed by atoms with Crippen molar-refractivity contribution in [3.05, 3.63) is 59.7 Å². The molecule has 0 aliphatic carbocycles. The lowest BCUT2D eigenvalue weighted by Crippen LogP contribution is -2.89. The second-order valence-corrected chi connectivity index (χ2v) is 6.31. The maximum Gasteiger partial charge on any atom is 0.125 e. The van der Waals surface area contributed by atoms with Crippen molar-refractivity contribution in [2.24, 2.45) is 0 Å². The van der Waals surface area contributed by atoms with Crippen molar-refractivity contribution in [2.45, 2.75) is 38.6 Å². The quantitative estimate of drug-likeness (QED) is 0.680. The van der Waals surface area contributed by atoms with Crippen LogP contribution in [0.3, 0.4) is 0 Å². The topological polar surface area (TPSA) is 35.1 Å². The first-order valence-corrected chi connectivity index (χ1v) is 8.81. The molecule has 2 rings (SSSR count). The van der Waals surface area contributed by atoms with Crippen molar-refractivity contribution in [1.29, 1.82) is 0 Å². The summed E-state index contributed by atoms with van der Waals surface area (Å²) in [5, 5.41) is 2.46. The molecule has 0 spiro atoms. The summed E-state index contributed by atoms with van der Waals surface area (Å²) in [5.74, 6) is 1.77. The number of methoxy groups -OCH3 is 2. The third-order valence-corrected chi connectivity index (χ3v) is 4.44. The molecular formula is C21H30NO2+. The van der Waals surface area contributed by atoms with Gasteiger partial charge in [0.2, 0.25) is 0 Å². The molecule has 0 aromatic heterocycles. The molecular weight excluding hydrogens is 298 g/mol. The molecule has 24 heavy (non-hydrogen) atoms. The van der Waals surface area contributed by atoms with Crippen LogP contribution in [0.4, 0.5) is 0 Å². The molecule has 1 atom stereocenters. The second kappa shape index (κ2) is 9.99. The van der Waals surface area contributed by atoms with E-state index in [1.807, 2.05) is 12.1 Å². The van der Waals surface area contributed by atoms with Crippen LogP contribution in [0.2, 0.25) is 0 Å². The summed E-state index contributed by atoms with van der Waals surface area (Å²) in [6.07, 6.45) is 4.56. The van der Waals surface area contributed by atoms with Crippen molar-refractivity contribution in [3.8, 4) is 11.5 Å². The van der Waals surface area contributed by atoms with E-state index in [0.717, 1.165) is 30.8 Å². The van der Waals surface area contributed by atoms with Crippen LogP contribution in [0, 0.1) is 0 Å². The summed E-state index contributed by atoms with van der Waals surface area (Å²) < 4.78 is 10.7. The van der Waals surface area contributed by atoms with Gasteiger partial charge >= 0.3 is 0 Å². The number of quaternary nitrogens is 1. The highest BCUT2D eigenvalue weighted by Crippen LogP contribution is 2.25. The molecule has 0 aliphatic heterocycles. The van der Waals surface area contributed by atoms with E-state index in [-0.39, 0.29) is 0 Å². The van der Waals surface area contributed by atoms with Gasteiger partial charge in [-0.05, 0) is 37.0 Å². The van der Waals surface area contributed by atoms with Gasteiger partial charge < -0.3 is 14.8 Å². The summed E-state index contributed by atoms with van der Waals surface area (Å²) in [5.41, 5.74) is 2.68. The van der Waals surface area contributed by atoms with Gasteiger partial charge in [0.25, 0.3) is 0 Å². The van der Waals surface area contributed by atoms with Crippen molar-refractivity contribution in [3.63, 3.8) is 0 Å². The molecule has 0 saturated carbocycles. The molecule has 130 valence electrons. The number of hydrogen-bond donors (Lipinski definition) is 1. The molecule has 0 saturated heterocycles. The number of ether oxygens (including phenoxy) is 2. The van der Waals surface area contributed by atoms with Crippen LogP contribution in [-0.2, 0) is 12.8 Å². The van der Waals surface area contributed by atoms with Crippen LogP contribution < -0.4 is 14.8 Å². The third kappa shape index (κ3) is 5.89. The average molecular weight is 328 g/mol. The van der Waals surface area contributed by atoms with Crippen molar-refractivity contribution in [2.75, 3.05) is 20.8 Å². The van der Waals surface area contributed by atoms with E-state index >= 15 is 0 Å². The van der Waals surface area contributed by atoms with Crippen molar-refractivity contribution in [1.82, 2.24) is 0 Å². The molecule has 0 heterocycles. The van der Waals surface area contributed by atoms with Crippen LogP contribution in [0.5, 0.6) is 11.5 Å². The molecule has 0 fully saturated rings. The molecule has 2 aromatic rings. The Morgan fingerprint density at radius 3 is 2.46 bits per heavy atom. The molecule has 3 heteroatoms. The zero-order valence-corrected chi connectivity index (χ0v) is 15.1. The Labute approximate surface area is 146 Å². The predicted molar refractivity (Wildman–Crippen MR) is 98.9 cm³/mol. The fraction of sp³-hybridized carbons (Fsp3) is 0.429. The minimum atomic E-state index is 0.618. The van der Waals surface area contributed by atoms with E-state index in [1.54, 1.807) is 14.2 Å². The fourth-order valence-electron chi connectivity index (χ4n) is 2.91. The lowest BCUT2D eigenvalue weighted by molar-refractivity contribution is -0.686. The number of benzene rings is 2. The smallest absolute Gasteiger partial charge is 0.125 e. The van der Waals surface area contributed by atoms with Gasteiger partial charge in [0.05, 0.1) is 26.8 Å². The number of rotatable bonds is 10. The highest BCUT2D eigenvalue weighted by atomic mass is 16.5. The van der Waals surface area contributed by atoms with E-state index in [0.29, 0.717) is 6.04 Å². The standard InChI is InChI=1S/C21H29NO2/c1-17(22-15-7-10-18-8-5-4-6-9-18)11-12-19-13-14-20(23-2)16-21(19)24-3/h4-6,8-9,13-14,16-17,22H,7,10-12,15H2,1-3H3/p+1/t17-/m1/s1. The molecule has 0 bridgehead atoms. The molecule has 2 N–H and O–H groups in total. The van der Waals surface area contributed by atoms with Gasteiger partial charge in [-0.3, -0.25) is 0 Å². The van der Waals surface area contributed by atoms with E-state index < -0.39 is 0 Å². The Hall–Kier alpha value is -2.00. The number of nitrogens with two attached hydrogens (primary N) is 1. The first-order valence-electron chi connectivity index (χ1n) is 8.81. The monoisotopic (exact) mass is 328 g/mol. The zero-order chi connectivity index (χ0) is 17.2. The first-order chi connectivity index (χ1) is 11.7. The van der Waals surface area contributed by atoms with E-state index in [4.69, 9.17) is 9.47 Å². The highest BCUT2D eigenvalue weighted by molar-refractivity contribution is 5.40. The van der Waals surface area contributed by atoms with Gasteiger partial charge in [-0.1, -0.05) is 36.4 Å². The molecule has 0 aliphatic rings. The fourth-order valence-corrected chi connectivity index (χ4v) is 2.91. The van der Waals surface area contributed by atoms with Gasteiger partial charge in [0, 0.05) is 18.9 Å². The van der Waals surface area contributed by atoms with Crippen molar-refractivity contribution < 1.29 is 14.8 Å². The SMILES string of the molecule is COc1ccc(CC[C@@H](C)[NH2+]CCCc2ccccc2)c(OC)c1. The molecule has 0 unspecified atom stereocenters. The van der Waals surface area contributed by atoms with Crippen LogP contribution in [0.25, 0.3) is 0 Å². The Balaban J connectivity index is 1.70. The Morgan fingerprint density at radius 2 is 1.75 bits per heavy atom.